The Morgan fingerprint density at radius 1 is 1.15 bits per heavy atom. The number of ether oxygens (including phenoxy) is 1. The van der Waals surface area contributed by atoms with Crippen LogP contribution in [0.15, 0.2) is 47.1 Å². The van der Waals surface area contributed by atoms with Crippen molar-refractivity contribution in [1.29, 1.82) is 0 Å². The lowest BCUT2D eigenvalue weighted by Gasteiger charge is -2.12. The van der Waals surface area contributed by atoms with Crippen molar-refractivity contribution in [3.05, 3.63) is 57.6 Å². The van der Waals surface area contributed by atoms with Gasteiger partial charge in [-0.25, -0.2) is 0 Å². The first kappa shape index (κ1) is 19.3. The summed E-state index contributed by atoms with van der Waals surface area (Å²) in [5.74, 6) is 0.321. The highest BCUT2D eigenvalue weighted by molar-refractivity contribution is 6.42. The minimum absolute atomic E-state index is 0.000669. The number of hydrogen-bond acceptors (Lipinski definition) is 4. The lowest BCUT2D eigenvalue weighted by atomic mass is 9.98. The van der Waals surface area contributed by atoms with Gasteiger partial charge >= 0.3 is 0 Å². The highest BCUT2D eigenvalue weighted by Crippen LogP contribution is 2.33. The lowest BCUT2D eigenvalue weighted by Crippen LogP contribution is -2.21. The Morgan fingerprint density at radius 2 is 1.89 bits per heavy atom. The number of aromatic hydroxyl groups is 1. The maximum Gasteiger partial charge on any atom is 0.280 e. The summed E-state index contributed by atoms with van der Waals surface area (Å²) in [7, 11) is 1.54. The zero-order chi connectivity index (χ0) is 19.7. The van der Waals surface area contributed by atoms with Gasteiger partial charge in [-0.05, 0) is 48.4 Å². The molecule has 0 saturated heterocycles. The monoisotopic (exact) mass is 404 g/mol. The summed E-state index contributed by atoms with van der Waals surface area (Å²) in [6, 6.07) is 9.72. The van der Waals surface area contributed by atoms with E-state index < -0.39 is 0 Å². The second-order valence-electron chi connectivity index (χ2n) is 6.34. The number of halogens is 2. The van der Waals surface area contributed by atoms with E-state index in [1.54, 1.807) is 36.4 Å². The van der Waals surface area contributed by atoms with E-state index >= 15 is 0 Å². The van der Waals surface area contributed by atoms with Crippen molar-refractivity contribution in [2.75, 3.05) is 12.1 Å². The Morgan fingerprint density at radius 3 is 2.52 bits per heavy atom. The van der Waals surface area contributed by atoms with Crippen LogP contribution in [0.3, 0.4) is 0 Å². The highest BCUT2D eigenvalue weighted by atomic mass is 35.5. The summed E-state index contributed by atoms with van der Waals surface area (Å²) >= 11 is 12.0. The molecule has 0 bridgehead atoms. The molecule has 2 aromatic carbocycles. The van der Waals surface area contributed by atoms with E-state index in [1.807, 2.05) is 13.8 Å². The minimum Gasteiger partial charge on any atom is -0.507 e. The van der Waals surface area contributed by atoms with Crippen LogP contribution < -0.4 is 9.75 Å². The number of carbonyl (C=O) groups excluding carboxylic acids is 1. The van der Waals surface area contributed by atoms with Gasteiger partial charge in [-0.3, -0.25) is 4.79 Å². The third-order valence-corrected chi connectivity index (χ3v) is 4.87. The molecule has 2 aromatic rings. The van der Waals surface area contributed by atoms with Gasteiger partial charge < -0.3 is 9.84 Å². The lowest BCUT2D eigenvalue weighted by molar-refractivity contribution is -0.114. The predicted octanol–water partition coefficient (Wildman–Crippen LogP) is 5.15. The zero-order valence-corrected chi connectivity index (χ0v) is 16.5. The molecule has 0 aromatic heterocycles. The van der Waals surface area contributed by atoms with Crippen molar-refractivity contribution >= 4 is 46.6 Å². The van der Waals surface area contributed by atoms with Crippen LogP contribution in [-0.2, 0) is 4.79 Å². The van der Waals surface area contributed by atoms with Gasteiger partial charge in [0.1, 0.15) is 11.5 Å². The van der Waals surface area contributed by atoms with Crippen molar-refractivity contribution in [2.24, 2.45) is 11.0 Å². The van der Waals surface area contributed by atoms with Gasteiger partial charge in [-0.15, -0.1) is 0 Å². The fourth-order valence-corrected chi connectivity index (χ4v) is 3.01. The number of hydrogen-bond donors (Lipinski definition) is 1. The number of methoxy groups -OCH3 is 1. The van der Waals surface area contributed by atoms with Crippen molar-refractivity contribution in [2.45, 2.75) is 13.8 Å². The molecule has 7 heteroatoms. The molecule has 0 aliphatic carbocycles. The zero-order valence-electron chi connectivity index (χ0n) is 15.0. The van der Waals surface area contributed by atoms with Crippen molar-refractivity contribution in [3.8, 4) is 11.5 Å². The van der Waals surface area contributed by atoms with Crippen molar-refractivity contribution in [3.63, 3.8) is 0 Å². The van der Waals surface area contributed by atoms with Gasteiger partial charge in [0.2, 0.25) is 0 Å². The van der Waals surface area contributed by atoms with Crippen molar-refractivity contribution in [1.82, 2.24) is 0 Å². The largest absolute Gasteiger partial charge is 0.507 e. The predicted molar refractivity (Wildman–Crippen MR) is 109 cm³/mol. The highest BCUT2D eigenvalue weighted by Gasteiger charge is 2.33. The molecule has 1 aliphatic heterocycles. The van der Waals surface area contributed by atoms with Crippen molar-refractivity contribution < 1.29 is 14.6 Å². The second-order valence-corrected chi connectivity index (χ2v) is 7.15. The van der Waals surface area contributed by atoms with Crippen LogP contribution in [0, 0.1) is 5.92 Å². The van der Waals surface area contributed by atoms with Gasteiger partial charge in [0.15, 0.2) is 0 Å². The number of benzene rings is 2. The summed E-state index contributed by atoms with van der Waals surface area (Å²) in [6.45, 7) is 3.90. The number of amides is 1. The molecule has 1 amide bonds. The molecular weight excluding hydrogens is 387 g/mol. The van der Waals surface area contributed by atoms with Gasteiger partial charge in [-0.1, -0.05) is 37.0 Å². The summed E-state index contributed by atoms with van der Waals surface area (Å²) in [5.41, 5.74) is 2.01. The number of rotatable bonds is 4. The Labute approximate surface area is 167 Å². The molecule has 5 nitrogen and oxygen atoms in total. The van der Waals surface area contributed by atoms with Crippen LogP contribution in [0.2, 0.25) is 10.0 Å². The van der Waals surface area contributed by atoms with E-state index in [-0.39, 0.29) is 17.6 Å². The summed E-state index contributed by atoms with van der Waals surface area (Å²) in [5, 5.41) is 16.7. The van der Waals surface area contributed by atoms with Gasteiger partial charge in [0, 0.05) is 5.56 Å². The van der Waals surface area contributed by atoms with E-state index in [9.17, 15) is 9.90 Å². The SMILES string of the molecule is COc1ccc(O)c(C=C2C(=O)N(c3ccc(Cl)c(Cl)c3)N=C2C(C)C)c1. The third-order valence-electron chi connectivity index (χ3n) is 4.14. The van der Waals surface area contributed by atoms with Crippen LogP contribution in [-0.4, -0.2) is 23.8 Å². The van der Waals surface area contributed by atoms with E-state index in [0.29, 0.717) is 38.3 Å². The summed E-state index contributed by atoms with van der Waals surface area (Å²) < 4.78 is 5.20. The van der Waals surface area contributed by atoms with E-state index in [0.717, 1.165) is 0 Å². The Kier molecular flexibility index (Phi) is 5.44. The molecule has 1 aliphatic rings. The molecule has 0 fully saturated rings. The minimum atomic E-state index is -0.306. The maximum atomic E-state index is 13.0. The van der Waals surface area contributed by atoms with Crippen LogP contribution in [0.4, 0.5) is 5.69 Å². The fraction of sp³-hybridized carbons (Fsp3) is 0.200. The molecule has 140 valence electrons. The van der Waals surface area contributed by atoms with E-state index in [4.69, 9.17) is 27.9 Å². The molecule has 27 heavy (non-hydrogen) atoms. The Balaban J connectivity index is 2.07. The molecular formula is C20H18Cl2N2O3. The first-order chi connectivity index (χ1) is 12.8. The van der Waals surface area contributed by atoms with Crippen LogP contribution in [0.25, 0.3) is 6.08 Å². The van der Waals surface area contributed by atoms with Crippen LogP contribution in [0.1, 0.15) is 19.4 Å². The average molecular weight is 405 g/mol. The molecule has 0 unspecified atom stereocenters. The van der Waals surface area contributed by atoms with Crippen LogP contribution in [0.5, 0.6) is 11.5 Å². The molecule has 0 atom stereocenters. The molecule has 3 rings (SSSR count). The topological polar surface area (TPSA) is 62.1 Å². The van der Waals surface area contributed by atoms with Gasteiger partial charge in [-0.2, -0.15) is 10.1 Å². The Bertz CT molecular complexity index is 968. The van der Waals surface area contributed by atoms with E-state index in [2.05, 4.69) is 5.10 Å². The normalized spacial score (nSPS) is 15.6. The average Bonchev–Trinajstić information content (AvgIpc) is 2.96. The number of phenolic OH excluding ortho intramolecular Hbond substituents is 1. The number of phenols is 1. The molecule has 1 heterocycles. The first-order valence-corrected chi connectivity index (χ1v) is 9.04. The molecule has 0 saturated carbocycles. The van der Waals surface area contributed by atoms with Crippen LogP contribution >= 0.6 is 23.2 Å². The Hall–Kier alpha value is -2.50. The number of anilines is 1. The molecule has 0 spiro atoms. The molecule has 1 N–H and O–H groups in total. The fourth-order valence-electron chi connectivity index (χ4n) is 2.72. The number of hydrazone groups is 1. The number of carbonyl (C=O) groups is 1. The maximum absolute atomic E-state index is 13.0. The van der Waals surface area contributed by atoms with Gasteiger partial charge in [0.25, 0.3) is 5.91 Å². The third kappa shape index (κ3) is 3.80. The summed E-state index contributed by atoms with van der Waals surface area (Å²) in [4.78, 5) is 13.0. The summed E-state index contributed by atoms with van der Waals surface area (Å²) in [6.07, 6.45) is 1.62. The van der Waals surface area contributed by atoms with E-state index in [1.165, 1.54) is 18.2 Å². The van der Waals surface area contributed by atoms with Gasteiger partial charge in [0.05, 0.1) is 34.1 Å². The quantitative estimate of drug-likeness (QED) is 0.716. The second kappa shape index (κ2) is 7.62. The molecule has 0 radical (unpaired) electrons. The standard InChI is InChI=1S/C20H18Cl2N2O3/c1-11(2)19-15(9-12-8-14(27-3)5-7-18(12)25)20(26)24(23-19)13-4-6-16(21)17(22)10-13/h4-11,25H,1-3H3. The first-order valence-electron chi connectivity index (χ1n) is 8.29. The number of nitrogens with zero attached hydrogens (tertiary/aromatic N) is 2. The smallest absolute Gasteiger partial charge is 0.280 e.